The summed E-state index contributed by atoms with van der Waals surface area (Å²) in [6, 6.07) is -1.49. The van der Waals surface area contributed by atoms with Gasteiger partial charge < -0.3 is 25.0 Å². The number of amides is 5. The quantitative estimate of drug-likeness (QED) is 0.424. The van der Waals surface area contributed by atoms with Crippen LogP contribution < -0.4 is 16.0 Å². The zero-order valence-corrected chi connectivity index (χ0v) is 16.3. The van der Waals surface area contributed by atoms with E-state index in [0.29, 0.717) is 26.0 Å². The topological polar surface area (TPSA) is 126 Å². The maximum Gasteiger partial charge on any atom is 0.329 e. The predicted molar refractivity (Wildman–Crippen MR) is 99.5 cm³/mol. The fourth-order valence-corrected chi connectivity index (χ4v) is 3.47. The first-order valence-corrected chi connectivity index (χ1v) is 9.81. The van der Waals surface area contributed by atoms with Crippen molar-refractivity contribution >= 4 is 23.9 Å². The standard InChI is InChI=1S/C18H30N4O6/c1-27-11-9-19-17(25)21-15(23)12-28-16(24)14-8-5-10-22(14)18(26)20-13-6-3-2-4-7-13/h13-14H,2-12H2,1H3,(H,20,26)(H2,19,21,23,25)/t14-/m1/s1. The molecule has 28 heavy (non-hydrogen) atoms. The zero-order valence-electron chi connectivity index (χ0n) is 16.3. The maximum absolute atomic E-state index is 12.5. The Labute approximate surface area is 164 Å². The number of rotatable bonds is 7. The van der Waals surface area contributed by atoms with Gasteiger partial charge >= 0.3 is 18.0 Å². The van der Waals surface area contributed by atoms with E-state index in [1.165, 1.54) is 18.4 Å². The molecule has 1 aliphatic heterocycles. The number of nitrogens with one attached hydrogen (secondary N) is 3. The first-order chi connectivity index (χ1) is 13.5. The molecule has 1 atom stereocenters. The molecule has 2 rings (SSSR count). The second-order valence-corrected chi connectivity index (χ2v) is 7.04. The van der Waals surface area contributed by atoms with Crippen LogP contribution in [0.1, 0.15) is 44.9 Å². The number of urea groups is 2. The third-order valence-electron chi connectivity index (χ3n) is 4.91. The lowest BCUT2D eigenvalue weighted by Gasteiger charge is -2.28. The first kappa shape index (κ1) is 21.9. The highest BCUT2D eigenvalue weighted by molar-refractivity contribution is 5.95. The van der Waals surface area contributed by atoms with E-state index in [9.17, 15) is 19.2 Å². The Kier molecular flexibility index (Phi) is 8.99. The summed E-state index contributed by atoms with van der Waals surface area (Å²) in [6.07, 6.45) is 6.51. The van der Waals surface area contributed by atoms with E-state index in [0.717, 1.165) is 25.7 Å². The van der Waals surface area contributed by atoms with Gasteiger partial charge in [-0.25, -0.2) is 14.4 Å². The van der Waals surface area contributed by atoms with Crippen LogP contribution in [0.3, 0.4) is 0 Å². The van der Waals surface area contributed by atoms with Crippen LogP contribution in [0.5, 0.6) is 0 Å². The van der Waals surface area contributed by atoms with Gasteiger partial charge in [0.05, 0.1) is 6.61 Å². The van der Waals surface area contributed by atoms with E-state index in [-0.39, 0.29) is 18.6 Å². The SMILES string of the molecule is COCCNC(=O)NC(=O)COC(=O)[C@H]1CCCN1C(=O)NC1CCCCC1. The maximum atomic E-state index is 12.5. The van der Waals surface area contributed by atoms with Crippen molar-refractivity contribution in [2.45, 2.75) is 57.0 Å². The van der Waals surface area contributed by atoms with Gasteiger partial charge in [-0.05, 0) is 25.7 Å². The minimum Gasteiger partial charge on any atom is -0.454 e. The van der Waals surface area contributed by atoms with E-state index in [1.54, 1.807) is 0 Å². The van der Waals surface area contributed by atoms with Gasteiger partial charge in [0.2, 0.25) is 0 Å². The normalized spacial score (nSPS) is 19.8. The molecule has 0 bridgehead atoms. The van der Waals surface area contributed by atoms with Crippen molar-refractivity contribution in [1.29, 1.82) is 0 Å². The number of imide groups is 1. The molecular formula is C18H30N4O6. The van der Waals surface area contributed by atoms with Crippen LogP contribution in [0.2, 0.25) is 0 Å². The van der Waals surface area contributed by atoms with Crippen molar-refractivity contribution in [2.75, 3.05) is 33.4 Å². The highest BCUT2D eigenvalue weighted by Gasteiger charge is 2.36. The molecule has 2 fully saturated rings. The molecule has 0 aromatic carbocycles. The summed E-state index contributed by atoms with van der Waals surface area (Å²) in [5, 5.41) is 7.48. The van der Waals surface area contributed by atoms with Crippen molar-refractivity contribution in [1.82, 2.24) is 20.9 Å². The summed E-state index contributed by atoms with van der Waals surface area (Å²) in [7, 11) is 1.49. The zero-order chi connectivity index (χ0) is 20.4. The second-order valence-electron chi connectivity index (χ2n) is 7.04. The molecule has 2 aliphatic rings. The van der Waals surface area contributed by atoms with Gasteiger partial charge in [0, 0.05) is 26.2 Å². The number of methoxy groups -OCH3 is 1. The molecule has 0 spiro atoms. The van der Waals surface area contributed by atoms with Crippen LogP contribution in [0.4, 0.5) is 9.59 Å². The second kappa shape index (κ2) is 11.5. The van der Waals surface area contributed by atoms with Crippen LogP contribution in [-0.2, 0) is 19.1 Å². The summed E-state index contributed by atoms with van der Waals surface area (Å²) < 4.78 is 9.78. The van der Waals surface area contributed by atoms with Crippen LogP contribution in [0, 0.1) is 0 Å². The highest BCUT2D eigenvalue weighted by Crippen LogP contribution is 2.21. The molecule has 158 valence electrons. The van der Waals surface area contributed by atoms with Crippen molar-refractivity contribution < 1.29 is 28.7 Å². The molecular weight excluding hydrogens is 368 g/mol. The number of hydrogen-bond donors (Lipinski definition) is 3. The lowest BCUT2D eigenvalue weighted by molar-refractivity contribution is -0.151. The van der Waals surface area contributed by atoms with Crippen molar-refractivity contribution in [2.24, 2.45) is 0 Å². The van der Waals surface area contributed by atoms with E-state index >= 15 is 0 Å². The number of likely N-dealkylation sites (tertiary alicyclic amines) is 1. The summed E-state index contributed by atoms with van der Waals surface area (Å²) in [5.74, 6) is -1.37. The number of nitrogens with zero attached hydrogens (tertiary/aromatic N) is 1. The molecule has 10 nitrogen and oxygen atoms in total. The predicted octanol–water partition coefficient (Wildman–Crippen LogP) is 0.509. The summed E-state index contributed by atoms with van der Waals surface area (Å²) >= 11 is 0. The molecule has 1 heterocycles. The smallest absolute Gasteiger partial charge is 0.329 e. The molecule has 1 saturated carbocycles. The Bertz CT molecular complexity index is 564. The van der Waals surface area contributed by atoms with Gasteiger partial charge in [-0.1, -0.05) is 19.3 Å². The van der Waals surface area contributed by atoms with Gasteiger partial charge in [0.1, 0.15) is 6.04 Å². The van der Waals surface area contributed by atoms with Crippen molar-refractivity contribution in [3.63, 3.8) is 0 Å². The molecule has 0 radical (unpaired) electrons. The van der Waals surface area contributed by atoms with Crippen LogP contribution in [0.25, 0.3) is 0 Å². The third kappa shape index (κ3) is 6.99. The van der Waals surface area contributed by atoms with E-state index < -0.39 is 30.6 Å². The Morgan fingerprint density at radius 2 is 1.79 bits per heavy atom. The third-order valence-corrected chi connectivity index (χ3v) is 4.91. The van der Waals surface area contributed by atoms with Gasteiger partial charge in [-0.15, -0.1) is 0 Å². The number of hydrogen-bond acceptors (Lipinski definition) is 6. The Balaban J connectivity index is 1.73. The minimum atomic E-state index is -0.737. The van der Waals surface area contributed by atoms with Crippen LogP contribution >= 0.6 is 0 Å². The average molecular weight is 398 g/mol. The van der Waals surface area contributed by atoms with Crippen molar-refractivity contribution in [3.8, 4) is 0 Å². The van der Waals surface area contributed by atoms with Crippen LogP contribution in [0.15, 0.2) is 0 Å². The highest BCUT2D eigenvalue weighted by atomic mass is 16.5. The molecule has 0 aromatic rings. The summed E-state index contributed by atoms with van der Waals surface area (Å²) in [6.45, 7) is 0.469. The van der Waals surface area contributed by atoms with Crippen molar-refractivity contribution in [3.05, 3.63) is 0 Å². The lowest BCUT2D eigenvalue weighted by atomic mass is 9.96. The molecule has 0 unspecified atom stereocenters. The number of esters is 1. The Morgan fingerprint density at radius 3 is 2.50 bits per heavy atom. The lowest BCUT2D eigenvalue weighted by Crippen LogP contribution is -2.50. The number of ether oxygens (including phenoxy) is 2. The van der Waals surface area contributed by atoms with Gasteiger partial charge in [-0.3, -0.25) is 10.1 Å². The Hall–Kier alpha value is -2.36. The molecule has 1 saturated heterocycles. The van der Waals surface area contributed by atoms with Gasteiger partial charge in [-0.2, -0.15) is 0 Å². The number of carbonyl (C=O) groups excluding carboxylic acids is 4. The molecule has 5 amide bonds. The van der Waals surface area contributed by atoms with E-state index in [1.807, 2.05) is 0 Å². The molecule has 10 heteroatoms. The van der Waals surface area contributed by atoms with Crippen LogP contribution in [-0.4, -0.2) is 74.3 Å². The molecule has 3 N–H and O–H groups in total. The fourth-order valence-electron chi connectivity index (χ4n) is 3.47. The van der Waals surface area contributed by atoms with Gasteiger partial charge in [0.15, 0.2) is 6.61 Å². The monoisotopic (exact) mass is 398 g/mol. The Morgan fingerprint density at radius 1 is 1.04 bits per heavy atom. The first-order valence-electron chi connectivity index (χ1n) is 9.81. The van der Waals surface area contributed by atoms with E-state index in [2.05, 4.69) is 16.0 Å². The summed E-state index contributed by atoms with van der Waals surface area (Å²) in [5.41, 5.74) is 0. The minimum absolute atomic E-state index is 0.154. The average Bonchev–Trinajstić information content (AvgIpc) is 3.17. The van der Waals surface area contributed by atoms with Gasteiger partial charge in [0.25, 0.3) is 5.91 Å². The molecule has 1 aliphatic carbocycles. The largest absolute Gasteiger partial charge is 0.454 e. The fraction of sp³-hybridized carbons (Fsp3) is 0.778. The molecule has 0 aromatic heterocycles. The summed E-state index contributed by atoms with van der Waals surface area (Å²) in [4.78, 5) is 49.5. The number of carbonyl (C=O) groups is 4. The van der Waals surface area contributed by atoms with E-state index in [4.69, 9.17) is 9.47 Å².